The summed E-state index contributed by atoms with van der Waals surface area (Å²) in [6.07, 6.45) is 8.18. The molecule has 1 saturated carbocycles. The molecule has 0 aromatic heterocycles. The summed E-state index contributed by atoms with van der Waals surface area (Å²) in [5, 5.41) is 12.7. The molecule has 0 aromatic carbocycles. The molecule has 3 aliphatic heterocycles. The van der Waals surface area contributed by atoms with Crippen LogP contribution in [-0.4, -0.2) is 60.1 Å². The average Bonchev–Trinajstić information content (AvgIpc) is 3.12. The Hall–Kier alpha value is -2.39. The van der Waals surface area contributed by atoms with Crippen molar-refractivity contribution in [1.29, 1.82) is 0 Å². The summed E-state index contributed by atoms with van der Waals surface area (Å²) in [6.45, 7) is 2.38. The van der Waals surface area contributed by atoms with Gasteiger partial charge in [-0.2, -0.15) is 0 Å². The van der Waals surface area contributed by atoms with Gasteiger partial charge in [0.25, 0.3) is 5.91 Å². The second kappa shape index (κ2) is 7.34. The summed E-state index contributed by atoms with van der Waals surface area (Å²) in [4.78, 5) is 29.3. The molecule has 0 aromatic rings. The molecule has 5 atom stereocenters. The van der Waals surface area contributed by atoms with Crippen molar-refractivity contribution in [1.82, 2.24) is 10.4 Å². The van der Waals surface area contributed by atoms with E-state index in [1.54, 1.807) is 0 Å². The Morgan fingerprint density at radius 1 is 1.39 bits per heavy atom. The number of carbonyl (C=O) groups is 2. The number of methoxy groups -OCH3 is 1. The fourth-order valence-corrected chi connectivity index (χ4v) is 6.04. The van der Waals surface area contributed by atoms with Gasteiger partial charge < -0.3 is 14.2 Å². The van der Waals surface area contributed by atoms with Crippen LogP contribution in [0.4, 0.5) is 4.79 Å². The smallest absolute Gasteiger partial charge is 0.410 e. The summed E-state index contributed by atoms with van der Waals surface area (Å²) in [5.41, 5.74) is 0.726. The second-order valence-corrected chi connectivity index (χ2v) is 9.41. The van der Waals surface area contributed by atoms with E-state index in [1.807, 2.05) is 12.4 Å². The first-order valence-corrected chi connectivity index (χ1v) is 11.0. The normalized spacial score (nSPS) is 38.8. The fraction of sp³-hybridized carbons (Fsp3) is 0.682. The molecular formula is C22H29N3O6. The summed E-state index contributed by atoms with van der Waals surface area (Å²) < 4.78 is 17.4. The van der Waals surface area contributed by atoms with Crippen molar-refractivity contribution in [3.8, 4) is 0 Å². The van der Waals surface area contributed by atoms with Gasteiger partial charge in [-0.1, -0.05) is 6.92 Å². The van der Waals surface area contributed by atoms with Crippen LogP contribution in [0.5, 0.6) is 0 Å². The lowest BCUT2D eigenvalue weighted by Crippen LogP contribution is -2.55. The van der Waals surface area contributed by atoms with Crippen LogP contribution in [0.15, 0.2) is 28.1 Å². The first-order chi connectivity index (χ1) is 14.9. The van der Waals surface area contributed by atoms with Crippen LogP contribution in [0.2, 0.25) is 0 Å². The van der Waals surface area contributed by atoms with Crippen LogP contribution in [-0.2, 0) is 19.0 Å². The van der Waals surface area contributed by atoms with Gasteiger partial charge in [0, 0.05) is 49.8 Å². The predicted molar refractivity (Wildman–Crippen MR) is 109 cm³/mol. The van der Waals surface area contributed by atoms with Gasteiger partial charge in [0.05, 0.1) is 6.54 Å². The van der Waals surface area contributed by atoms with Crippen molar-refractivity contribution in [2.24, 2.45) is 16.3 Å². The van der Waals surface area contributed by atoms with Crippen LogP contribution in [0.1, 0.15) is 51.9 Å². The highest BCUT2D eigenvalue weighted by Crippen LogP contribution is 2.59. The van der Waals surface area contributed by atoms with Crippen molar-refractivity contribution < 1.29 is 29.0 Å². The van der Waals surface area contributed by atoms with Gasteiger partial charge in [-0.15, -0.1) is 0 Å². The molecule has 9 heteroatoms. The number of aliphatic imine (C=N–C) groups is 1. The van der Waals surface area contributed by atoms with Gasteiger partial charge in [-0.25, -0.2) is 9.86 Å². The molecule has 31 heavy (non-hydrogen) atoms. The van der Waals surface area contributed by atoms with E-state index in [-0.39, 0.29) is 24.5 Å². The maximum Gasteiger partial charge on any atom is 0.410 e. The lowest BCUT2D eigenvalue weighted by atomic mass is 9.61. The van der Waals surface area contributed by atoms with Crippen LogP contribution in [0, 0.1) is 11.3 Å². The Kier molecular flexibility index (Phi) is 4.86. The summed E-state index contributed by atoms with van der Waals surface area (Å²) in [5.74, 6) is 0.847. The van der Waals surface area contributed by atoms with E-state index in [9.17, 15) is 14.8 Å². The minimum absolute atomic E-state index is 0.0208. The topological polar surface area (TPSA) is 110 Å². The Labute approximate surface area is 181 Å². The number of nitrogens with one attached hydrogen (secondary N) is 1. The SMILES string of the molecule is CO[C@]1(NC(=O)O[C@@H]2CC3=CN=CCC45CC(C)CC[C@H]4OC(=C35)C2)CCN(O)C1=O. The molecule has 2 amide bonds. The third-order valence-electron chi connectivity index (χ3n) is 7.47. The minimum Gasteiger partial charge on any atom is -0.493 e. The van der Waals surface area contributed by atoms with Crippen molar-refractivity contribution in [3.05, 3.63) is 23.1 Å². The predicted octanol–water partition coefficient (Wildman–Crippen LogP) is 2.66. The first kappa shape index (κ1) is 20.5. The number of hydroxylamine groups is 2. The average molecular weight is 431 g/mol. The number of alkyl carbamates (subject to hydrolysis) is 1. The molecule has 3 heterocycles. The van der Waals surface area contributed by atoms with Crippen LogP contribution in [0.25, 0.3) is 0 Å². The van der Waals surface area contributed by atoms with E-state index in [0.717, 1.165) is 37.0 Å². The zero-order valence-corrected chi connectivity index (χ0v) is 17.9. The van der Waals surface area contributed by atoms with Gasteiger partial charge >= 0.3 is 6.09 Å². The summed E-state index contributed by atoms with van der Waals surface area (Å²) in [7, 11) is 1.32. The number of amides is 2. The zero-order chi connectivity index (χ0) is 21.8. The standard InChI is InChI=1S/C22H29N3O6/c1-13-3-4-17-21(11-13)5-7-23-12-14-9-15(10-16(31-17)18(14)21)30-20(27)24-22(29-2)6-8-25(28)19(22)26/h7,12-13,15,17,28H,3-6,8-11H2,1-2H3,(H,24,27)/t13?,15-,17-,21?,22-/m1/s1. The maximum absolute atomic E-state index is 12.6. The highest BCUT2D eigenvalue weighted by atomic mass is 16.6. The molecule has 1 spiro atoms. The Morgan fingerprint density at radius 3 is 2.97 bits per heavy atom. The van der Waals surface area contributed by atoms with E-state index in [4.69, 9.17) is 14.2 Å². The molecule has 2 aliphatic carbocycles. The number of hydrogen-bond donors (Lipinski definition) is 2. The monoisotopic (exact) mass is 431 g/mol. The van der Waals surface area contributed by atoms with E-state index in [0.29, 0.717) is 23.8 Å². The Bertz CT molecular complexity index is 898. The molecule has 2 unspecified atom stereocenters. The minimum atomic E-state index is -1.60. The van der Waals surface area contributed by atoms with Gasteiger partial charge in [-0.3, -0.25) is 20.3 Å². The lowest BCUT2D eigenvalue weighted by molar-refractivity contribution is -0.173. The van der Waals surface area contributed by atoms with Gasteiger partial charge in [0.15, 0.2) is 0 Å². The lowest BCUT2D eigenvalue weighted by Gasteiger charge is -2.42. The van der Waals surface area contributed by atoms with Gasteiger partial charge in [0.2, 0.25) is 5.72 Å². The molecule has 168 valence electrons. The van der Waals surface area contributed by atoms with Gasteiger partial charge in [0.1, 0.15) is 18.0 Å². The summed E-state index contributed by atoms with van der Waals surface area (Å²) >= 11 is 0. The second-order valence-electron chi connectivity index (χ2n) is 9.41. The third-order valence-corrected chi connectivity index (χ3v) is 7.47. The number of nitrogens with zero attached hydrogens (tertiary/aromatic N) is 2. The molecule has 9 nitrogen and oxygen atoms in total. The van der Waals surface area contributed by atoms with Crippen molar-refractivity contribution in [3.63, 3.8) is 0 Å². The van der Waals surface area contributed by atoms with E-state index in [1.165, 1.54) is 12.7 Å². The highest BCUT2D eigenvalue weighted by molar-refractivity contribution is 5.89. The third kappa shape index (κ3) is 3.17. The molecule has 2 fully saturated rings. The van der Waals surface area contributed by atoms with Crippen molar-refractivity contribution >= 4 is 18.2 Å². The van der Waals surface area contributed by atoms with Crippen molar-refractivity contribution in [2.45, 2.75) is 69.8 Å². The number of rotatable bonds is 3. The van der Waals surface area contributed by atoms with E-state index in [2.05, 4.69) is 17.2 Å². The van der Waals surface area contributed by atoms with Crippen LogP contribution in [0.3, 0.4) is 0 Å². The number of ether oxygens (including phenoxy) is 3. The highest BCUT2D eigenvalue weighted by Gasteiger charge is 2.55. The molecule has 5 aliphatic rings. The number of carbonyl (C=O) groups excluding carboxylic acids is 2. The van der Waals surface area contributed by atoms with Crippen LogP contribution >= 0.6 is 0 Å². The molecule has 5 rings (SSSR count). The van der Waals surface area contributed by atoms with E-state index < -0.39 is 23.8 Å². The van der Waals surface area contributed by atoms with Gasteiger partial charge in [-0.05, 0) is 37.2 Å². The molecule has 0 bridgehead atoms. The van der Waals surface area contributed by atoms with E-state index >= 15 is 0 Å². The maximum atomic E-state index is 12.6. The van der Waals surface area contributed by atoms with Crippen molar-refractivity contribution in [2.75, 3.05) is 13.7 Å². The Morgan fingerprint density at radius 2 is 2.23 bits per heavy atom. The Balaban J connectivity index is 1.34. The molecule has 2 N–H and O–H groups in total. The largest absolute Gasteiger partial charge is 0.493 e. The summed E-state index contributed by atoms with van der Waals surface area (Å²) in [6, 6.07) is 0. The fourth-order valence-electron chi connectivity index (χ4n) is 6.04. The first-order valence-electron chi connectivity index (χ1n) is 11.0. The molecular weight excluding hydrogens is 402 g/mol. The zero-order valence-electron chi connectivity index (χ0n) is 17.9. The number of hydrogen-bond acceptors (Lipinski definition) is 7. The molecule has 0 radical (unpaired) electrons. The molecule has 1 saturated heterocycles. The van der Waals surface area contributed by atoms with Crippen LogP contribution < -0.4 is 5.32 Å². The quantitative estimate of drug-likeness (QED) is 0.525.